The quantitative estimate of drug-likeness (QED) is 0.859. The zero-order valence-electron chi connectivity index (χ0n) is 10.7. The maximum Gasteiger partial charge on any atom is 0.317 e. The minimum atomic E-state index is -0.524. The molecule has 1 aromatic carbocycles. The van der Waals surface area contributed by atoms with Gasteiger partial charge >= 0.3 is 6.03 Å². The predicted molar refractivity (Wildman–Crippen MR) is 72.9 cm³/mol. The third-order valence-electron chi connectivity index (χ3n) is 2.51. The average molecular weight is 271 g/mol. The first-order valence-electron chi connectivity index (χ1n) is 5.91. The van der Waals surface area contributed by atoms with Gasteiger partial charge in [0.05, 0.1) is 6.10 Å². The molecule has 0 aromatic heterocycles. The number of carbonyl (C=O) groups excluding carboxylic acids is 1. The molecule has 0 fully saturated rings. The number of halogens is 1. The molecule has 2 amide bonds. The highest BCUT2D eigenvalue weighted by atomic mass is 35.5. The fourth-order valence-corrected chi connectivity index (χ4v) is 1.85. The van der Waals surface area contributed by atoms with E-state index in [0.717, 1.165) is 5.56 Å². The van der Waals surface area contributed by atoms with E-state index in [1.807, 2.05) is 24.3 Å². The van der Waals surface area contributed by atoms with Crippen molar-refractivity contribution in [2.24, 2.45) is 0 Å². The van der Waals surface area contributed by atoms with E-state index in [1.165, 1.54) is 4.90 Å². The summed E-state index contributed by atoms with van der Waals surface area (Å²) in [5.74, 6) is 0. The van der Waals surface area contributed by atoms with Gasteiger partial charge in [0.15, 0.2) is 0 Å². The summed E-state index contributed by atoms with van der Waals surface area (Å²) in [5, 5.41) is 12.7. The molecule has 0 saturated carbocycles. The Morgan fingerprint density at radius 1 is 1.50 bits per heavy atom. The lowest BCUT2D eigenvalue weighted by Gasteiger charge is -2.19. The molecule has 1 aromatic rings. The van der Waals surface area contributed by atoms with Crippen LogP contribution in [0.3, 0.4) is 0 Å². The van der Waals surface area contributed by atoms with Crippen molar-refractivity contribution < 1.29 is 9.90 Å². The van der Waals surface area contributed by atoms with Gasteiger partial charge in [-0.05, 0) is 25.0 Å². The highest BCUT2D eigenvalue weighted by molar-refractivity contribution is 6.31. The first-order chi connectivity index (χ1) is 8.50. The standard InChI is InChI=1S/C13H19ClN2O2/c1-10(17)9-16(2)13(18)15-8-7-11-5-3-4-6-12(11)14/h3-6,10,17H,7-9H2,1-2H3,(H,15,18). The van der Waals surface area contributed by atoms with E-state index < -0.39 is 6.10 Å². The van der Waals surface area contributed by atoms with Crippen molar-refractivity contribution in [3.8, 4) is 0 Å². The SMILES string of the molecule is CC(O)CN(C)C(=O)NCCc1ccccc1Cl. The van der Waals surface area contributed by atoms with Crippen LogP contribution >= 0.6 is 11.6 Å². The Bertz CT molecular complexity index is 396. The summed E-state index contributed by atoms with van der Waals surface area (Å²) < 4.78 is 0. The molecular formula is C13H19ClN2O2. The number of amides is 2. The van der Waals surface area contributed by atoms with Crippen LogP contribution in [-0.4, -0.2) is 42.3 Å². The van der Waals surface area contributed by atoms with E-state index in [2.05, 4.69) is 5.32 Å². The molecule has 0 aliphatic rings. The van der Waals surface area contributed by atoms with Crippen molar-refractivity contribution in [3.63, 3.8) is 0 Å². The molecular weight excluding hydrogens is 252 g/mol. The molecule has 100 valence electrons. The van der Waals surface area contributed by atoms with Crippen molar-refractivity contribution in [2.45, 2.75) is 19.4 Å². The Labute approximate surface area is 113 Å². The zero-order chi connectivity index (χ0) is 13.5. The Kier molecular flexibility index (Phi) is 5.95. The largest absolute Gasteiger partial charge is 0.392 e. The monoisotopic (exact) mass is 270 g/mol. The molecule has 0 aliphatic carbocycles. The smallest absolute Gasteiger partial charge is 0.317 e. The number of hydrogen-bond acceptors (Lipinski definition) is 2. The van der Waals surface area contributed by atoms with Crippen LogP contribution < -0.4 is 5.32 Å². The Morgan fingerprint density at radius 3 is 2.78 bits per heavy atom. The molecule has 0 saturated heterocycles. The van der Waals surface area contributed by atoms with Gasteiger partial charge in [0.25, 0.3) is 0 Å². The maximum absolute atomic E-state index is 11.6. The summed E-state index contributed by atoms with van der Waals surface area (Å²) in [6, 6.07) is 7.37. The molecule has 1 unspecified atom stereocenters. The van der Waals surface area contributed by atoms with Crippen molar-refractivity contribution >= 4 is 17.6 Å². The minimum absolute atomic E-state index is 0.192. The van der Waals surface area contributed by atoms with Crippen molar-refractivity contribution in [1.82, 2.24) is 10.2 Å². The Hall–Kier alpha value is -1.26. The zero-order valence-corrected chi connectivity index (χ0v) is 11.4. The number of nitrogens with one attached hydrogen (secondary N) is 1. The van der Waals surface area contributed by atoms with E-state index in [9.17, 15) is 9.90 Å². The molecule has 0 radical (unpaired) electrons. The Balaban J connectivity index is 2.34. The van der Waals surface area contributed by atoms with Crippen molar-refractivity contribution in [2.75, 3.05) is 20.1 Å². The van der Waals surface area contributed by atoms with Crippen molar-refractivity contribution in [1.29, 1.82) is 0 Å². The van der Waals surface area contributed by atoms with E-state index in [4.69, 9.17) is 11.6 Å². The third-order valence-corrected chi connectivity index (χ3v) is 2.88. The second-order valence-electron chi connectivity index (χ2n) is 4.30. The minimum Gasteiger partial charge on any atom is -0.392 e. The number of aliphatic hydroxyl groups is 1. The summed E-state index contributed by atoms with van der Waals surface area (Å²) in [5.41, 5.74) is 1.01. The van der Waals surface area contributed by atoms with E-state index >= 15 is 0 Å². The predicted octanol–water partition coefficient (Wildman–Crippen LogP) is 1.90. The summed E-state index contributed by atoms with van der Waals surface area (Å²) in [6.45, 7) is 2.48. The van der Waals surface area contributed by atoms with Gasteiger partial charge in [-0.15, -0.1) is 0 Å². The second kappa shape index (κ2) is 7.24. The fraction of sp³-hybridized carbons (Fsp3) is 0.462. The van der Waals surface area contributed by atoms with Gasteiger partial charge in [-0.3, -0.25) is 0 Å². The van der Waals surface area contributed by atoms with Gasteiger partial charge in [-0.1, -0.05) is 29.8 Å². The summed E-state index contributed by atoms with van der Waals surface area (Å²) in [4.78, 5) is 13.1. The van der Waals surface area contributed by atoms with Gasteiger partial charge < -0.3 is 15.3 Å². The molecule has 4 nitrogen and oxygen atoms in total. The number of likely N-dealkylation sites (N-methyl/N-ethyl adjacent to an activating group) is 1. The van der Waals surface area contributed by atoms with E-state index in [0.29, 0.717) is 24.5 Å². The lowest BCUT2D eigenvalue weighted by Crippen LogP contribution is -2.41. The average Bonchev–Trinajstić information content (AvgIpc) is 2.30. The van der Waals surface area contributed by atoms with Crippen LogP contribution in [0.1, 0.15) is 12.5 Å². The van der Waals surface area contributed by atoms with Crippen molar-refractivity contribution in [3.05, 3.63) is 34.9 Å². The maximum atomic E-state index is 11.6. The topological polar surface area (TPSA) is 52.6 Å². The number of urea groups is 1. The number of aliphatic hydroxyl groups excluding tert-OH is 1. The first-order valence-corrected chi connectivity index (χ1v) is 6.29. The van der Waals surface area contributed by atoms with Crippen LogP contribution in [0.5, 0.6) is 0 Å². The lowest BCUT2D eigenvalue weighted by atomic mass is 10.1. The molecule has 5 heteroatoms. The van der Waals surface area contributed by atoms with Gasteiger partial charge in [-0.25, -0.2) is 4.79 Å². The lowest BCUT2D eigenvalue weighted by molar-refractivity contribution is 0.144. The van der Waals surface area contributed by atoms with Gasteiger partial charge in [0.2, 0.25) is 0 Å². The molecule has 0 spiro atoms. The van der Waals surface area contributed by atoms with E-state index in [1.54, 1.807) is 14.0 Å². The summed E-state index contributed by atoms with van der Waals surface area (Å²) >= 11 is 6.01. The highest BCUT2D eigenvalue weighted by Crippen LogP contribution is 2.14. The normalized spacial score (nSPS) is 12.0. The van der Waals surface area contributed by atoms with Crippen LogP contribution in [0.25, 0.3) is 0 Å². The van der Waals surface area contributed by atoms with Gasteiger partial charge in [0.1, 0.15) is 0 Å². The molecule has 0 aliphatic heterocycles. The number of hydrogen-bond donors (Lipinski definition) is 2. The number of rotatable bonds is 5. The number of nitrogens with zero attached hydrogens (tertiary/aromatic N) is 1. The molecule has 2 N–H and O–H groups in total. The number of benzene rings is 1. The molecule has 0 bridgehead atoms. The highest BCUT2D eigenvalue weighted by Gasteiger charge is 2.10. The van der Waals surface area contributed by atoms with Crippen LogP contribution in [0.2, 0.25) is 5.02 Å². The van der Waals surface area contributed by atoms with Gasteiger partial charge in [-0.2, -0.15) is 0 Å². The summed E-state index contributed by atoms with van der Waals surface area (Å²) in [6.07, 6.45) is 0.165. The first kappa shape index (κ1) is 14.8. The van der Waals surface area contributed by atoms with E-state index in [-0.39, 0.29) is 6.03 Å². The summed E-state index contributed by atoms with van der Waals surface area (Å²) in [7, 11) is 1.65. The fourth-order valence-electron chi connectivity index (χ4n) is 1.62. The van der Waals surface area contributed by atoms with Crippen LogP contribution in [0, 0.1) is 0 Å². The molecule has 0 heterocycles. The van der Waals surface area contributed by atoms with Crippen LogP contribution in [0.15, 0.2) is 24.3 Å². The molecule has 1 rings (SSSR count). The molecule has 18 heavy (non-hydrogen) atoms. The second-order valence-corrected chi connectivity index (χ2v) is 4.71. The molecule has 1 atom stereocenters. The van der Waals surface area contributed by atoms with Crippen LogP contribution in [-0.2, 0) is 6.42 Å². The van der Waals surface area contributed by atoms with Crippen LogP contribution in [0.4, 0.5) is 4.79 Å². The Morgan fingerprint density at radius 2 is 2.17 bits per heavy atom. The number of carbonyl (C=O) groups is 1. The third kappa shape index (κ3) is 4.94. The van der Waals surface area contributed by atoms with Gasteiger partial charge in [0, 0.05) is 25.2 Å².